The minimum Gasteiger partial charge on any atom is -0.109 e. The topological polar surface area (TPSA) is 0 Å². The quantitative estimate of drug-likeness (QED) is 0.543. The highest BCUT2D eigenvalue weighted by Gasteiger charge is 2.16. The van der Waals surface area contributed by atoms with Gasteiger partial charge in [0.15, 0.2) is 0 Å². The second-order valence-corrected chi connectivity index (χ2v) is 4.14. The lowest BCUT2D eigenvalue weighted by molar-refractivity contribution is 0.833. The minimum absolute atomic E-state index is 0.278. The molecule has 0 amide bonds. The molecule has 0 aliphatic carbocycles. The van der Waals surface area contributed by atoms with Gasteiger partial charge in [-0.1, -0.05) is 24.1 Å². The number of hydrogen-bond acceptors (Lipinski definition) is 1. The molecule has 59 valence electrons. The van der Waals surface area contributed by atoms with E-state index in [2.05, 4.69) is 30.2 Å². The van der Waals surface area contributed by atoms with Crippen molar-refractivity contribution in [3.63, 3.8) is 0 Å². The normalized spacial score (nSPS) is 21.1. The molecule has 0 bridgehead atoms. The van der Waals surface area contributed by atoms with Crippen molar-refractivity contribution >= 4 is 11.8 Å². The van der Waals surface area contributed by atoms with Gasteiger partial charge in [0.05, 0.1) is 5.25 Å². The summed E-state index contributed by atoms with van der Waals surface area (Å²) in [5.74, 6) is 2.56. The Kier molecular flexibility index (Phi) is 2.10. The van der Waals surface area contributed by atoms with Crippen LogP contribution < -0.4 is 0 Å². The van der Waals surface area contributed by atoms with Gasteiger partial charge >= 0.3 is 0 Å². The average Bonchev–Trinajstić information content (AvgIpc) is 2.17. The molecule has 1 radical (unpaired) electrons. The zero-order valence-electron chi connectivity index (χ0n) is 6.71. The molecule has 0 saturated heterocycles. The van der Waals surface area contributed by atoms with Crippen LogP contribution >= 0.6 is 11.8 Å². The molecule has 1 heteroatoms. The van der Waals surface area contributed by atoms with E-state index in [1.54, 1.807) is 11.8 Å². The number of aryl methyl sites for hydroxylation is 1. The predicted octanol–water partition coefficient (Wildman–Crippen LogP) is 2.68. The first-order valence-electron chi connectivity index (χ1n) is 4.07. The van der Waals surface area contributed by atoms with Gasteiger partial charge in [-0.05, 0) is 30.9 Å². The van der Waals surface area contributed by atoms with E-state index in [0.717, 1.165) is 12.8 Å². The molecule has 0 fully saturated rings. The SMILES string of the molecule is [C]#CC1CCc2ccccc2S1. The predicted molar refractivity (Wildman–Crippen MR) is 51.5 cm³/mol. The second-order valence-electron chi connectivity index (χ2n) is 2.90. The van der Waals surface area contributed by atoms with E-state index in [4.69, 9.17) is 6.42 Å². The van der Waals surface area contributed by atoms with Crippen LogP contribution in [0.1, 0.15) is 12.0 Å². The standard InChI is InChI=1S/C11H9S/c1-2-10-8-7-9-5-3-4-6-11(9)12-10/h3-6,10H,7-8H2. The van der Waals surface area contributed by atoms with Crippen LogP contribution in [-0.2, 0) is 6.42 Å². The summed E-state index contributed by atoms with van der Waals surface area (Å²) >= 11 is 1.76. The van der Waals surface area contributed by atoms with Crippen molar-refractivity contribution in [2.75, 3.05) is 0 Å². The third-order valence-electron chi connectivity index (χ3n) is 2.08. The van der Waals surface area contributed by atoms with Crippen molar-refractivity contribution in [3.05, 3.63) is 36.3 Å². The number of rotatable bonds is 0. The fraction of sp³-hybridized carbons (Fsp3) is 0.273. The van der Waals surface area contributed by atoms with Gasteiger partial charge in [0.2, 0.25) is 0 Å². The first-order chi connectivity index (χ1) is 5.90. The Balaban J connectivity index is 2.30. The van der Waals surface area contributed by atoms with Gasteiger partial charge in [-0.2, -0.15) is 0 Å². The molecule has 1 aromatic carbocycles. The van der Waals surface area contributed by atoms with E-state index < -0.39 is 0 Å². The molecule has 1 aliphatic rings. The van der Waals surface area contributed by atoms with Crippen molar-refractivity contribution in [1.29, 1.82) is 0 Å². The molecule has 0 spiro atoms. The zero-order chi connectivity index (χ0) is 8.39. The first kappa shape index (κ1) is 7.76. The summed E-state index contributed by atoms with van der Waals surface area (Å²) in [6.45, 7) is 0. The van der Waals surface area contributed by atoms with Gasteiger partial charge in [-0.3, -0.25) is 0 Å². The summed E-state index contributed by atoms with van der Waals surface area (Å²) in [4.78, 5) is 1.33. The van der Waals surface area contributed by atoms with Gasteiger partial charge in [0.25, 0.3) is 0 Å². The maximum absolute atomic E-state index is 7.07. The van der Waals surface area contributed by atoms with Crippen LogP contribution in [0.2, 0.25) is 0 Å². The smallest absolute Gasteiger partial charge is 0.0717 e. The Morgan fingerprint density at radius 2 is 2.25 bits per heavy atom. The molecule has 1 heterocycles. The second kappa shape index (κ2) is 3.25. The highest BCUT2D eigenvalue weighted by Crippen LogP contribution is 2.34. The summed E-state index contributed by atoms with van der Waals surface area (Å²) in [5.41, 5.74) is 1.43. The lowest BCUT2D eigenvalue weighted by Crippen LogP contribution is -2.07. The van der Waals surface area contributed by atoms with Gasteiger partial charge in [0.1, 0.15) is 0 Å². The summed E-state index contributed by atoms with van der Waals surface area (Å²) in [7, 11) is 0. The van der Waals surface area contributed by atoms with Crippen LogP contribution in [0, 0.1) is 12.3 Å². The van der Waals surface area contributed by atoms with E-state index in [-0.39, 0.29) is 5.25 Å². The minimum atomic E-state index is 0.278. The molecule has 2 rings (SSSR count). The molecule has 1 aliphatic heterocycles. The molecular weight excluding hydrogens is 164 g/mol. The van der Waals surface area contributed by atoms with Crippen molar-refractivity contribution in [2.24, 2.45) is 0 Å². The van der Waals surface area contributed by atoms with Crippen LogP contribution in [0.15, 0.2) is 29.2 Å². The Labute approximate surface area is 77.4 Å². The van der Waals surface area contributed by atoms with Crippen LogP contribution in [0.4, 0.5) is 0 Å². The van der Waals surface area contributed by atoms with Gasteiger partial charge in [-0.15, -0.1) is 11.8 Å². The number of benzene rings is 1. The molecule has 1 aromatic rings. The van der Waals surface area contributed by atoms with Crippen LogP contribution in [0.5, 0.6) is 0 Å². The molecule has 0 N–H and O–H groups in total. The van der Waals surface area contributed by atoms with Crippen molar-refractivity contribution in [3.8, 4) is 5.92 Å². The average molecular weight is 173 g/mol. The Morgan fingerprint density at radius 1 is 1.42 bits per heavy atom. The van der Waals surface area contributed by atoms with E-state index in [1.807, 2.05) is 0 Å². The third kappa shape index (κ3) is 1.35. The molecule has 1 atom stereocenters. The maximum atomic E-state index is 7.07. The van der Waals surface area contributed by atoms with Crippen LogP contribution in [-0.4, -0.2) is 5.25 Å². The molecule has 12 heavy (non-hydrogen) atoms. The number of hydrogen-bond donors (Lipinski definition) is 0. The monoisotopic (exact) mass is 173 g/mol. The zero-order valence-corrected chi connectivity index (χ0v) is 7.53. The molecular formula is C11H9S. The number of fused-ring (bicyclic) bond motifs is 1. The lowest BCUT2D eigenvalue weighted by Gasteiger charge is -2.19. The van der Waals surface area contributed by atoms with E-state index in [9.17, 15) is 0 Å². The first-order valence-corrected chi connectivity index (χ1v) is 4.95. The molecule has 0 aromatic heterocycles. The summed E-state index contributed by atoms with van der Waals surface area (Å²) in [6, 6.07) is 8.43. The highest BCUT2D eigenvalue weighted by atomic mass is 32.2. The fourth-order valence-electron chi connectivity index (χ4n) is 1.43. The van der Waals surface area contributed by atoms with Crippen molar-refractivity contribution in [2.45, 2.75) is 23.0 Å². The van der Waals surface area contributed by atoms with E-state index in [1.165, 1.54) is 10.5 Å². The van der Waals surface area contributed by atoms with Gasteiger partial charge in [0, 0.05) is 4.90 Å². The highest BCUT2D eigenvalue weighted by molar-refractivity contribution is 8.00. The van der Waals surface area contributed by atoms with Gasteiger partial charge in [-0.25, -0.2) is 0 Å². The molecule has 0 saturated carbocycles. The number of thioether (sulfide) groups is 1. The molecule has 0 nitrogen and oxygen atoms in total. The van der Waals surface area contributed by atoms with E-state index in [0.29, 0.717) is 0 Å². The van der Waals surface area contributed by atoms with Crippen molar-refractivity contribution < 1.29 is 0 Å². The largest absolute Gasteiger partial charge is 0.109 e. The summed E-state index contributed by atoms with van der Waals surface area (Å²) in [6.07, 6.45) is 9.23. The van der Waals surface area contributed by atoms with Crippen LogP contribution in [0.25, 0.3) is 0 Å². The van der Waals surface area contributed by atoms with Crippen LogP contribution in [0.3, 0.4) is 0 Å². The Morgan fingerprint density at radius 3 is 3.08 bits per heavy atom. The Hall–Kier alpha value is -0.870. The molecule has 1 unspecified atom stereocenters. The lowest BCUT2D eigenvalue weighted by atomic mass is 10.1. The van der Waals surface area contributed by atoms with Gasteiger partial charge < -0.3 is 0 Å². The Bertz CT molecular complexity index is 322. The van der Waals surface area contributed by atoms with Crippen molar-refractivity contribution in [1.82, 2.24) is 0 Å². The maximum Gasteiger partial charge on any atom is 0.0717 e. The fourth-order valence-corrected chi connectivity index (χ4v) is 2.51. The van der Waals surface area contributed by atoms with E-state index >= 15 is 0 Å². The third-order valence-corrected chi connectivity index (χ3v) is 3.37. The summed E-state index contributed by atoms with van der Waals surface area (Å²) < 4.78 is 0. The summed E-state index contributed by atoms with van der Waals surface area (Å²) in [5, 5.41) is 0.278.